The van der Waals surface area contributed by atoms with Crippen molar-refractivity contribution in [3.63, 3.8) is 0 Å². The lowest BCUT2D eigenvalue weighted by molar-refractivity contribution is 0.110. The second-order valence-corrected chi connectivity index (χ2v) is 2.81. The SMILES string of the molecule is COc1ccccc1O.O=Cc1ccco1. The Kier molecular flexibility index (Phi) is 4.66. The van der Waals surface area contributed by atoms with Crippen LogP contribution >= 0.6 is 0 Å². The van der Waals surface area contributed by atoms with Gasteiger partial charge in [-0.25, -0.2) is 0 Å². The Balaban J connectivity index is 0.000000165. The molecule has 0 saturated carbocycles. The molecule has 0 fully saturated rings. The van der Waals surface area contributed by atoms with E-state index in [4.69, 9.17) is 9.84 Å². The van der Waals surface area contributed by atoms with Crippen LogP contribution in [0.15, 0.2) is 47.1 Å². The number of para-hydroxylation sites is 2. The molecule has 2 aromatic rings. The summed E-state index contributed by atoms with van der Waals surface area (Å²) in [7, 11) is 1.52. The van der Waals surface area contributed by atoms with Crippen molar-refractivity contribution >= 4 is 6.29 Å². The van der Waals surface area contributed by atoms with Crippen LogP contribution in [0.25, 0.3) is 0 Å². The highest BCUT2D eigenvalue weighted by molar-refractivity contribution is 5.69. The largest absolute Gasteiger partial charge is 0.504 e. The van der Waals surface area contributed by atoms with Gasteiger partial charge in [-0.2, -0.15) is 0 Å². The van der Waals surface area contributed by atoms with Crippen LogP contribution in [0.3, 0.4) is 0 Å². The monoisotopic (exact) mass is 220 g/mol. The molecule has 84 valence electrons. The zero-order valence-corrected chi connectivity index (χ0v) is 8.79. The first-order chi connectivity index (χ1) is 7.77. The van der Waals surface area contributed by atoms with Gasteiger partial charge in [0, 0.05) is 0 Å². The number of benzene rings is 1. The molecule has 16 heavy (non-hydrogen) atoms. The molecule has 0 amide bonds. The van der Waals surface area contributed by atoms with Gasteiger partial charge in [0.1, 0.15) is 0 Å². The molecule has 0 spiro atoms. The first kappa shape index (κ1) is 11.8. The summed E-state index contributed by atoms with van der Waals surface area (Å²) in [5.41, 5.74) is 0. The van der Waals surface area contributed by atoms with E-state index < -0.39 is 0 Å². The van der Waals surface area contributed by atoms with Gasteiger partial charge in [-0.1, -0.05) is 12.1 Å². The summed E-state index contributed by atoms with van der Waals surface area (Å²) in [6, 6.07) is 10.1. The van der Waals surface area contributed by atoms with Crippen LogP contribution in [0.1, 0.15) is 10.6 Å². The molecule has 0 radical (unpaired) electrons. The standard InChI is InChI=1S/C7H8O2.C5H4O2/c1-9-7-5-3-2-4-6(7)8;6-4-5-2-1-3-7-5/h2-5,8H,1H3;1-4H. The maximum absolute atomic E-state index is 9.77. The predicted molar refractivity (Wildman–Crippen MR) is 58.8 cm³/mol. The Morgan fingerprint density at radius 2 is 2.00 bits per heavy atom. The van der Waals surface area contributed by atoms with Crippen LogP contribution in [-0.4, -0.2) is 18.5 Å². The average Bonchev–Trinajstić information content (AvgIpc) is 2.83. The van der Waals surface area contributed by atoms with E-state index in [0.717, 1.165) is 0 Å². The number of carbonyl (C=O) groups excluding carboxylic acids is 1. The van der Waals surface area contributed by atoms with Crippen molar-refractivity contribution in [2.75, 3.05) is 7.11 Å². The summed E-state index contributed by atoms with van der Waals surface area (Å²) in [6.45, 7) is 0. The molecule has 0 aliphatic rings. The molecule has 0 atom stereocenters. The molecular formula is C12H12O4. The van der Waals surface area contributed by atoms with Gasteiger partial charge >= 0.3 is 0 Å². The fraction of sp³-hybridized carbons (Fsp3) is 0.0833. The number of hydrogen-bond donors (Lipinski definition) is 1. The second kappa shape index (κ2) is 6.29. The topological polar surface area (TPSA) is 59.7 Å². The Bertz CT molecular complexity index is 420. The van der Waals surface area contributed by atoms with Crippen molar-refractivity contribution in [2.24, 2.45) is 0 Å². The van der Waals surface area contributed by atoms with E-state index in [1.165, 1.54) is 13.4 Å². The minimum Gasteiger partial charge on any atom is -0.504 e. The fourth-order valence-corrected chi connectivity index (χ4v) is 0.988. The maximum atomic E-state index is 9.77. The Labute approximate surface area is 93.1 Å². The minimum absolute atomic E-state index is 0.181. The summed E-state index contributed by atoms with van der Waals surface area (Å²) in [5.74, 6) is 1.07. The summed E-state index contributed by atoms with van der Waals surface area (Å²) in [5, 5.41) is 8.99. The van der Waals surface area contributed by atoms with Gasteiger partial charge in [0.25, 0.3) is 0 Å². The Hall–Kier alpha value is -2.23. The van der Waals surface area contributed by atoms with Gasteiger partial charge in [-0.05, 0) is 24.3 Å². The van der Waals surface area contributed by atoms with Gasteiger partial charge in [0.2, 0.25) is 0 Å². The van der Waals surface area contributed by atoms with Crippen molar-refractivity contribution in [1.29, 1.82) is 0 Å². The summed E-state index contributed by atoms with van der Waals surface area (Å²) >= 11 is 0. The molecule has 1 aromatic heterocycles. The van der Waals surface area contributed by atoms with E-state index in [-0.39, 0.29) is 5.75 Å². The molecular weight excluding hydrogens is 208 g/mol. The van der Waals surface area contributed by atoms with E-state index in [1.54, 1.807) is 36.4 Å². The number of ether oxygens (including phenoxy) is 1. The third kappa shape index (κ3) is 3.49. The van der Waals surface area contributed by atoms with Crippen molar-refractivity contribution in [3.05, 3.63) is 48.4 Å². The molecule has 0 aliphatic heterocycles. The highest BCUT2D eigenvalue weighted by atomic mass is 16.5. The molecule has 2 rings (SSSR count). The van der Waals surface area contributed by atoms with E-state index in [0.29, 0.717) is 17.8 Å². The molecule has 0 saturated heterocycles. The zero-order valence-electron chi connectivity index (χ0n) is 8.79. The van der Waals surface area contributed by atoms with Crippen LogP contribution < -0.4 is 4.74 Å². The van der Waals surface area contributed by atoms with Crippen LogP contribution in [0.4, 0.5) is 0 Å². The zero-order chi connectivity index (χ0) is 11.8. The van der Waals surface area contributed by atoms with Crippen molar-refractivity contribution in [3.8, 4) is 11.5 Å². The average molecular weight is 220 g/mol. The molecule has 4 heteroatoms. The van der Waals surface area contributed by atoms with Crippen LogP contribution in [0.5, 0.6) is 11.5 Å². The highest BCUT2D eigenvalue weighted by Gasteiger charge is 1.94. The van der Waals surface area contributed by atoms with Crippen molar-refractivity contribution in [2.45, 2.75) is 0 Å². The molecule has 0 unspecified atom stereocenters. The lowest BCUT2D eigenvalue weighted by Crippen LogP contribution is -1.80. The first-order valence-electron chi connectivity index (χ1n) is 4.58. The number of rotatable bonds is 2. The van der Waals surface area contributed by atoms with Crippen LogP contribution in [0.2, 0.25) is 0 Å². The maximum Gasteiger partial charge on any atom is 0.185 e. The van der Waals surface area contributed by atoms with Gasteiger partial charge in [0.15, 0.2) is 23.5 Å². The highest BCUT2D eigenvalue weighted by Crippen LogP contribution is 2.22. The predicted octanol–water partition coefficient (Wildman–Crippen LogP) is 2.49. The molecule has 1 aromatic carbocycles. The van der Waals surface area contributed by atoms with Crippen LogP contribution in [-0.2, 0) is 0 Å². The Morgan fingerprint density at radius 3 is 2.38 bits per heavy atom. The number of aromatic hydroxyl groups is 1. The van der Waals surface area contributed by atoms with E-state index in [1.807, 2.05) is 0 Å². The normalized spacial score (nSPS) is 8.81. The number of phenolic OH excluding ortho intramolecular Hbond substituents is 1. The lowest BCUT2D eigenvalue weighted by atomic mass is 10.3. The minimum atomic E-state index is 0.181. The summed E-state index contributed by atoms with van der Waals surface area (Å²) in [4.78, 5) is 9.77. The third-order valence-corrected chi connectivity index (χ3v) is 1.74. The Morgan fingerprint density at radius 1 is 1.25 bits per heavy atom. The van der Waals surface area contributed by atoms with Gasteiger partial charge in [-0.15, -0.1) is 0 Å². The smallest absolute Gasteiger partial charge is 0.185 e. The number of hydrogen-bond acceptors (Lipinski definition) is 4. The fourth-order valence-electron chi connectivity index (χ4n) is 0.988. The molecule has 0 aliphatic carbocycles. The summed E-state index contributed by atoms with van der Waals surface area (Å²) < 4.78 is 9.41. The van der Waals surface area contributed by atoms with E-state index >= 15 is 0 Å². The van der Waals surface area contributed by atoms with E-state index in [9.17, 15) is 4.79 Å². The number of aldehydes is 1. The number of phenols is 1. The quantitative estimate of drug-likeness (QED) is 0.790. The number of carbonyl (C=O) groups is 1. The van der Waals surface area contributed by atoms with Gasteiger partial charge in [-0.3, -0.25) is 4.79 Å². The third-order valence-electron chi connectivity index (χ3n) is 1.74. The molecule has 0 bridgehead atoms. The second-order valence-electron chi connectivity index (χ2n) is 2.81. The molecule has 4 nitrogen and oxygen atoms in total. The molecule has 1 heterocycles. The first-order valence-corrected chi connectivity index (χ1v) is 4.58. The van der Waals surface area contributed by atoms with Crippen molar-refractivity contribution < 1.29 is 19.1 Å². The van der Waals surface area contributed by atoms with Gasteiger partial charge < -0.3 is 14.3 Å². The number of furan rings is 1. The van der Waals surface area contributed by atoms with Crippen LogP contribution in [0, 0.1) is 0 Å². The summed E-state index contributed by atoms with van der Waals surface area (Å²) in [6.07, 6.45) is 2.13. The van der Waals surface area contributed by atoms with Crippen molar-refractivity contribution in [1.82, 2.24) is 0 Å². The molecule has 1 N–H and O–H groups in total. The lowest BCUT2D eigenvalue weighted by Gasteiger charge is -1.99. The van der Waals surface area contributed by atoms with E-state index in [2.05, 4.69) is 4.42 Å². The number of methoxy groups -OCH3 is 1. The van der Waals surface area contributed by atoms with Gasteiger partial charge in [0.05, 0.1) is 13.4 Å².